The van der Waals surface area contributed by atoms with Crippen molar-refractivity contribution in [1.82, 2.24) is 10.2 Å². The molecular weight excluding hydrogens is 306 g/mol. The SMILES string of the molecule is C[C@@H]1CCCN(C(=O)CC[C@H]2NC(=O)c3ccccc3NC2=O)C1. The van der Waals surface area contributed by atoms with Crippen molar-refractivity contribution in [2.24, 2.45) is 5.92 Å². The number of hydrogen-bond acceptors (Lipinski definition) is 3. The molecule has 2 aliphatic rings. The highest BCUT2D eigenvalue weighted by molar-refractivity contribution is 6.09. The number of rotatable bonds is 3. The maximum atomic E-state index is 12.4. The summed E-state index contributed by atoms with van der Waals surface area (Å²) in [6.07, 6.45) is 2.77. The maximum Gasteiger partial charge on any atom is 0.254 e. The Morgan fingerprint density at radius 1 is 1.29 bits per heavy atom. The fourth-order valence-corrected chi connectivity index (χ4v) is 3.36. The third-order valence-electron chi connectivity index (χ3n) is 4.71. The fourth-order valence-electron chi connectivity index (χ4n) is 3.36. The number of fused-ring (bicyclic) bond motifs is 1. The van der Waals surface area contributed by atoms with Crippen molar-refractivity contribution in [1.29, 1.82) is 0 Å². The summed E-state index contributed by atoms with van der Waals surface area (Å²) in [5.74, 6) is 0.0320. The molecular formula is C18H23N3O3. The van der Waals surface area contributed by atoms with E-state index in [0.29, 0.717) is 23.6 Å². The van der Waals surface area contributed by atoms with Gasteiger partial charge in [0, 0.05) is 19.5 Å². The molecule has 1 fully saturated rings. The highest BCUT2D eigenvalue weighted by atomic mass is 16.2. The van der Waals surface area contributed by atoms with E-state index in [-0.39, 0.29) is 24.1 Å². The van der Waals surface area contributed by atoms with Gasteiger partial charge in [-0.05, 0) is 37.3 Å². The third kappa shape index (κ3) is 3.58. The quantitative estimate of drug-likeness (QED) is 0.887. The van der Waals surface area contributed by atoms with E-state index < -0.39 is 6.04 Å². The van der Waals surface area contributed by atoms with Crippen LogP contribution in [0, 0.1) is 5.92 Å². The lowest BCUT2D eigenvalue weighted by atomic mass is 9.99. The minimum atomic E-state index is -0.684. The molecule has 128 valence electrons. The smallest absolute Gasteiger partial charge is 0.254 e. The number of carbonyl (C=O) groups is 3. The second kappa shape index (κ2) is 7.03. The number of carbonyl (C=O) groups excluding carboxylic acids is 3. The highest BCUT2D eigenvalue weighted by Crippen LogP contribution is 2.20. The molecule has 0 saturated carbocycles. The molecule has 3 amide bonds. The Morgan fingerprint density at radius 3 is 2.88 bits per heavy atom. The average Bonchev–Trinajstić information content (AvgIpc) is 2.69. The summed E-state index contributed by atoms with van der Waals surface area (Å²) < 4.78 is 0. The average molecular weight is 329 g/mol. The molecule has 0 spiro atoms. The standard InChI is InChI=1S/C18H23N3O3/c1-12-5-4-10-21(11-12)16(22)9-8-15-18(24)19-14-7-3-2-6-13(14)17(23)20-15/h2-3,6-7,12,15H,4-5,8-11H2,1H3,(H,19,24)(H,20,23)/t12-,15-/m1/s1. The number of hydrogen-bond donors (Lipinski definition) is 2. The van der Waals surface area contributed by atoms with Crippen LogP contribution in [0.5, 0.6) is 0 Å². The zero-order valence-corrected chi connectivity index (χ0v) is 13.9. The van der Waals surface area contributed by atoms with Crippen molar-refractivity contribution in [2.45, 2.75) is 38.6 Å². The predicted octanol–water partition coefficient (Wildman–Crippen LogP) is 1.78. The van der Waals surface area contributed by atoms with Crippen molar-refractivity contribution in [3.63, 3.8) is 0 Å². The van der Waals surface area contributed by atoms with Crippen LogP contribution in [-0.2, 0) is 9.59 Å². The summed E-state index contributed by atoms with van der Waals surface area (Å²) in [5, 5.41) is 5.50. The second-order valence-corrected chi connectivity index (χ2v) is 6.69. The third-order valence-corrected chi connectivity index (χ3v) is 4.71. The Labute approximate surface area is 141 Å². The number of anilines is 1. The second-order valence-electron chi connectivity index (χ2n) is 6.69. The number of nitrogens with zero attached hydrogens (tertiary/aromatic N) is 1. The van der Waals surface area contributed by atoms with Gasteiger partial charge in [0.2, 0.25) is 11.8 Å². The Bertz CT molecular complexity index is 659. The summed E-state index contributed by atoms with van der Waals surface area (Å²) >= 11 is 0. The van der Waals surface area contributed by atoms with E-state index in [1.807, 2.05) is 4.90 Å². The molecule has 2 heterocycles. The number of benzene rings is 1. The van der Waals surface area contributed by atoms with Crippen LogP contribution in [0.25, 0.3) is 0 Å². The molecule has 1 aromatic carbocycles. The Hall–Kier alpha value is -2.37. The van der Waals surface area contributed by atoms with Crippen molar-refractivity contribution in [3.8, 4) is 0 Å². The van der Waals surface area contributed by atoms with Crippen molar-refractivity contribution < 1.29 is 14.4 Å². The van der Waals surface area contributed by atoms with Gasteiger partial charge in [0.1, 0.15) is 6.04 Å². The van der Waals surface area contributed by atoms with Gasteiger partial charge in [-0.3, -0.25) is 14.4 Å². The number of nitrogens with one attached hydrogen (secondary N) is 2. The van der Waals surface area contributed by atoms with Gasteiger partial charge in [-0.2, -0.15) is 0 Å². The molecule has 6 heteroatoms. The van der Waals surface area contributed by atoms with Gasteiger partial charge in [-0.15, -0.1) is 0 Å². The van der Waals surface area contributed by atoms with Crippen LogP contribution in [-0.4, -0.2) is 41.8 Å². The van der Waals surface area contributed by atoms with Crippen molar-refractivity contribution >= 4 is 23.4 Å². The molecule has 6 nitrogen and oxygen atoms in total. The number of piperidine rings is 1. The maximum absolute atomic E-state index is 12.4. The van der Waals surface area contributed by atoms with Gasteiger partial charge in [-0.25, -0.2) is 0 Å². The van der Waals surface area contributed by atoms with E-state index in [4.69, 9.17) is 0 Å². The van der Waals surface area contributed by atoms with E-state index in [1.165, 1.54) is 0 Å². The lowest BCUT2D eigenvalue weighted by Gasteiger charge is -2.31. The van der Waals surface area contributed by atoms with Crippen LogP contribution in [0.1, 0.15) is 43.0 Å². The minimum absolute atomic E-state index is 0.0605. The van der Waals surface area contributed by atoms with Crippen LogP contribution < -0.4 is 10.6 Å². The van der Waals surface area contributed by atoms with Gasteiger partial charge in [0.15, 0.2) is 0 Å². The normalized spacial score (nSPS) is 23.8. The van der Waals surface area contributed by atoms with Crippen molar-refractivity contribution in [3.05, 3.63) is 29.8 Å². The molecule has 0 unspecified atom stereocenters. The summed E-state index contributed by atoms with van der Waals surface area (Å²) in [5.41, 5.74) is 0.961. The molecule has 0 aliphatic carbocycles. The van der Waals surface area contributed by atoms with Gasteiger partial charge in [-0.1, -0.05) is 19.1 Å². The Kier molecular flexibility index (Phi) is 4.83. The van der Waals surface area contributed by atoms with E-state index in [2.05, 4.69) is 17.6 Å². The minimum Gasteiger partial charge on any atom is -0.342 e. The van der Waals surface area contributed by atoms with Gasteiger partial charge >= 0.3 is 0 Å². The highest BCUT2D eigenvalue weighted by Gasteiger charge is 2.29. The van der Waals surface area contributed by atoms with Gasteiger partial charge in [0.25, 0.3) is 5.91 Å². The molecule has 0 radical (unpaired) electrons. The first-order chi connectivity index (χ1) is 11.5. The van der Waals surface area contributed by atoms with Gasteiger partial charge < -0.3 is 15.5 Å². The van der Waals surface area contributed by atoms with Crippen LogP contribution >= 0.6 is 0 Å². The monoisotopic (exact) mass is 329 g/mol. The summed E-state index contributed by atoms with van der Waals surface area (Å²) in [7, 11) is 0. The van der Waals surface area contributed by atoms with E-state index in [9.17, 15) is 14.4 Å². The molecule has 1 aromatic rings. The molecule has 2 atom stereocenters. The topological polar surface area (TPSA) is 78.5 Å². The molecule has 2 N–H and O–H groups in total. The fraction of sp³-hybridized carbons (Fsp3) is 0.500. The first-order valence-electron chi connectivity index (χ1n) is 8.53. The lowest BCUT2D eigenvalue weighted by molar-refractivity contribution is -0.133. The Morgan fingerprint density at radius 2 is 2.08 bits per heavy atom. The first-order valence-corrected chi connectivity index (χ1v) is 8.53. The van der Waals surface area contributed by atoms with Crippen LogP contribution in [0.3, 0.4) is 0 Å². The van der Waals surface area contributed by atoms with E-state index in [0.717, 1.165) is 25.9 Å². The van der Waals surface area contributed by atoms with Crippen molar-refractivity contribution in [2.75, 3.05) is 18.4 Å². The van der Waals surface area contributed by atoms with Gasteiger partial charge in [0.05, 0.1) is 11.3 Å². The molecule has 1 saturated heterocycles. The largest absolute Gasteiger partial charge is 0.342 e. The zero-order chi connectivity index (χ0) is 17.1. The molecule has 2 aliphatic heterocycles. The number of likely N-dealkylation sites (tertiary alicyclic amines) is 1. The molecule has 0 aromatic heterocycles. The number of amides is 3. The summed E-state index contributed by atoms with van der Waals surface area (Å²) in [6.45, 7) is 3.72. The van der Waals surface area contributed by atoms with Crippen LogP contribution in [0.4, 0.5) is 5.69 Å². The molecule has 24 heavy (non-hydrogen) atoms. The van der Waals surface area contributed by atoms with Crippen LogP contribution in [0.2, 0.25) is 0 Å². The zero-order valence-electron chi connectivity index (χ0n) is 13.9. The first kappa shape index (κ1) is 16.5. The summed E-state index contributed by atoms with van der Waals surface area (Å²) in [6, 6.07) is 6.22. The number of para-hydroxylation sites is 1. The molecule has 3 rings (SSSR count). The summed E-state index contributed by atoms with van der Waals surface area (Å²) in [4.78, 5) is 38.8. The predicted molar refractivity (Wildman–Crippen MR) is 90.5 cm³/mol. The van der Waals surface area contributed by atoms with Crippen LogP contribution in [0.15, 0.2) is 24.3 Å². The lowest BCUT2D eigenvalue weighted by Crippen LogP contribution is -2.43. The Balaban J connectivity index is 1.61. The van der Waals surface area contributed by atoms with E-state index in [1.54, 1.807) is 24.3 Å². The van der Waals surface area contributed by atoms with E-state index >= 15 is 0 Å². The molecule has 0 bridgehead atoms.